The zero-order valence-electron chi connectivity index (χ0n) is 7.99. The van der Waals surface area contributed by atoms with Crippen LogP contribution in [0.2, 0.25) is 0 Å². The summed E-state index contributed by atoms with van der Waals surface area (Å²) in [4.78, 5) is 11.5. The van der Waals surface area contributed by atoms with E-state index >= 15 is 0 Å². The molecule has 0 spiro atoms. The lowest BCUT2D eigenvalue weighted by molar-refractivity contribution is -0.125. The highest BCUT2D eigenvalue weighted by atomic mass is 16.3. The Labute approximate surface area is 78.5 Å². The number of amides is 1. The van der Waals surface area contributed by atoms with Crippen molar-refractivity contribution in [2.75, 3.05) is 6.61 Å². The molecule has 2 unspecified atom stereocenters. The van der Waals surface area contributed by atoms with Crippen LogP contribution in [0.3, 0.4) is 0 Å². The van der Waals surface area contributed by atoms with Crippen LogP contribution in [-0.2, 0) is 4.79 Å². The third-order valence-electron chi connectivity index (χ3n) is 2.51. The van der Waals surface area contributed by atoms with Gasteiger partial charge in [-0.3, -0.25) is 4.79 Å². The highest BCUT2D eigenvalue weighted by Crippen LogP contribution is 2.24. The van der Waals surface area contributed by atoms with E-state index in [0.717, 1.165) is 19.3 Å². The Morgan fingerprint density at radius 2 is 2.38 bits per heavy atom. The minimum atomic E-state index is -0.149. The number of carbonyl (C=O) groups excluding carboxylic acids is 1. The highest BCUT2D eigenvalue weighted by Gasteiger charge is 2.27. The van der Waals surface area contributed by atoms with Crippen LogP contribution in [0.5, 0.6) is 0 Å². The summed E-state index contributed by atoms with van der Waals surface area (Å²) in [6.07, 6.45) is 2.60. The molecule has 1 amide bonds. The molecular formula is C9H18N2O2. The molecule has 1 aliphatic rings. The van der Waals surface area contributed by atoms with Crippen LogP contribution in [0.4, 0.5) is 0 Å². The van der Waals surface area contributed by atoms with Crippen LogP contribution in [0, 0.1) is 5.92 Å². The number of aliphatic hydroxyl groups is 1. The third-order valence-corrected chi connectivity index (χ3v) is 2.51. The maximum atomic E-state index is 11.5. The number of nitrogens with two attached hydrogens (primary N) is 1. The van der Waals surface area contributed by atoms with Gasteiger partial charge >= 0.3 is 0 Å². The predicted molar refractivity (Wildman–Crippen MR) is 50.0 cm³/mol. The topological polar surface area (TPSA) is 75.3 Å². The Balaban J connectivity index is 2.31. The molecule has 0 aliphatic heterocycles. The van der Waals surface area contributed by atoms with Crippen molar-refractivity contribution in [3.63, 3.8) is 0 Å². The quantitative estimate of drug-likeness (QED) is 0.562. The molecule has 1 fully saturated rings. The molecule has 4 nitrogen and oxygen atoms in total. The van der Waals surface area contributed by atoms with Gasteiger partial charge in [0.15, 0.2) is 0 Å². The predicted octanol–water partition coefficient (Wildman–Crippen LogP) is -0.389. The molecule has 1 rings (SSSR count). The Hall–Kier alpha value is -0.610. The fourth-order valence-corrected chi connectivity index (χ4v) is 1.66. The maximum absolute atomic E-state index is 11.5. The number of carbonyl (C=O) groups is 1. The van der Waals surface area contributed by atoms with E-state index in [1.807, 2.05) is 0 Å². The molecule has 0 aromatic rings. The lowest BCUT2D eigenvalue weighted by atomic mass is 10.1. The maximum Gasteiger partial charge on any atom is 0.223 e. The van der Waals surface area contributed by atoms with Gasteiger partial charge in [0.25, 0.3) is 0 Å². The molecule has 76 valence electrons. The second-order valence-corrected chi connectivity index (χ2v) is 3.86. The molecule has 4 heteroatoms. The zero-order valence-corrected chi connectivity index (χ0v) is 7.99. The van der Waals surface area contributed by atoms with Gasteiger partial charge in [0, 0.05) is 18.0 Å². The van der Waals surface area contributed by atoms with Crippen molar-refractivity contribution >= 4 is 5.91 Å². The normalized spacial score (nSPS) is 30.1. The van der Waals surface area contributed by atoms with Crippen LogP contribution in [0.25, 0.3) is 0 Å². The van der Waals surface area contributed by atoms with Gasteiger partial charge in [0.1, 0.15) is 0 Å². The first-order chi connectivity index (χ1) is 6.13. The SMILES string of the molecule is C[C@@H](CO)NC(=O)C1CCC(N)C1. The molecule has 0 radical (unpaired) electrons. The van der Waals surface area contributed by atoms with Gasteiger partial charge in [-0.25, -0.2) is 0 Å². The summed E-state index contributed by atoms with van der Waals surface area (Å²) < 4.78 is 0. The summed E-state index contributed by atoms with van der Waals surface area (Å²) in [5.74, 6) is 0.0958. The number of nitrogens with one attached hydrogen (secondary N) is 1. The molecule has 3 atom stereocenters. The van der Waals surface area contributed by atoms with E-state index in [2.05, 4.69) is 5.32 Å². The van der Waals surface area contributed by atoms with Crippen molar-refractivity contribution in [3.05, 3.63) is 0 Å². The summed E-state index contributed by atoms with van der Waals surface area (Å²) >= 11 is 0. The molecule has 1 saturated carbocycles. The largest absolute Gasteiger partial charge is 0.394 e. The molecule has 13 heavy (non-hydrogen) atoms. The average Bonchev–Trinajstić information content (AvgIpc) is 2.51. The highest BCUT2D eigenvalue weighted by molar-refractivity contribution is 5.79. The third kappa shape index (κ3) is 2.97. The van der Waals surface area contributed by atoms with Crippen molar-refractivity contribution in [1.82, 2.24) is 5.32 Å². The molecule has 0 heterocycles. The minimum absolute atomic E-state index is 0.00941. The van der Waals surface area contributed by atoms with Crippen molar-refractivity contribution in [2.24, 2.45) is 11.7 Å². The van der Waals surface area contributed by atoms with Gasteiger partial charge in [-0.15, -0.1) is 0 Å². The van der Waals surface area contributed by atoms with E-state index in [1.54, 1.807) is 6.92 Å². The number of hydrogen-bond acceptors (Lipinski definition) is 3. The van der Waals surface area contributed by atoms with Crippen molar-refractivity contribution in [2.45, 2.75) is 38.3 Å². The van der Waals surface area contributed by atoms with Crippen LogP contribution in [0.15, 0.2) is 0 Å². The van der Waals surface area contributed by atoms with E-state index in [9.17, 15) is 4.79 Å². The Morgan fingerprint density at radius 1 is 1.69 bits per heavy atom. The van der Waals surface area contributed by atoms with Gasteiger partial charge < -0.3 is 16.2 Å². The van der Waals surface area contributed by atoms with Crippen LogP contribution in [0.1, 0.15) is 26.2 Å². The van der Waals surface area contributed by atoms with Crippen molar-refractivity contribution in [3.8, 4) is 0 Å². The first kappa shape index (κ1) is 10.5. The second-order valence-electron chi connectivity index (χ2n) is 3.86. The number of hydrogen-bond donors (Lipinski definition) is 3. The molecule has 0 bridgehead atoms. The van der Waals surface area contributed by atoms with E-state index in [4.69, 9.17) is 10.8 Å². The van der Waals surface area contributed by atoms with Crippen molar-refractivity contribution in [1.29, 1.82) is 0 Å². The summed E-state index contributed by atoms with van der Waals surface area (Å²) in [7, 11) is 0. The number of aliphatic hydroxyl groups excluding tert-OH is 1. The van der Waals surface area contributed by atoms with Crippen LogP contribution >= 0.6 is 0 Å². The van der Waals surface area contributed by atoms with Gasteiger partial charge in [-0.2, -0.15) is 0 Å². The van der Waals surface area contributed by atoms with Gasteiger partial charge in [0.05, 0.1) is 6.61 Å². The second kappa shape index (κ2) is 4.58. The molecule has 1 aliphatic carbocycles. The molecular weight excluding hydrogens is 168 g/mol. The number of rotatable bonds is 3. The molecule has 0 aromatic carbocycles. The van der Waals surface area contributed by atoms with Crippen molar-refractivity contribution < 1.29 is 9.90 Å². The molecule has 0 saturated heterocycles. The van der Waals surface area contributed by atoms with Crippen LogP contribution < -0.4 is 11.1 Å². The first-order valence-electron chi connectivity index (χ1n) is 4.80. The first-order valence-corrected chi connectivity index (χ1v) is 4.80. The van der Waals surface area contributed by atoms with Gasteiger partial charge in [0.2, 0.25) is 5.91 Å². The Morgan fingerprint density at radius 3 is 2.85 bits per heavy atom. The smallest absolute Gasteiger partial charge is 0.223 e. The minimum Gasteiger partial charge on any atom is -0.394 e. The average molecular weight is 186 g/mol. The lowest BCUT2D eigenvalue weighted by Crippen LogP contribution is -2.38. The van der Waals surface area contributed by atoms with E-state index in [0.29, 0.717) is 0 Å². The van der Waals surface area contributed by atoms with Gasteiger partial charge in [-0.1, -0.05) is 0 Å². The Bertz CT molecular complexity index is 184. The lowest BCUT2D eigenvalue weighted by Gasteiger charge is -2.14. The van der Waals surface area contributed by atoms with Gasteiger partial charge in [-0.05, 0) is 26.2 Å². The Kier molecular flexibility index (Phi) is 3.69. The monoisotopic (exact) mass is 186 g/mol. The summed E-state index contributed by atoms with van der Waals surface area (Å²) in [6.45, 7) is 1.78. The summed E-state index contributed by atoms with van der Waals surface area (Å²) in [5, 5.41) is 11.5. The fraction of sp³-hybridized carbons (Fsp3) is 0.889. The van der Waals surface area contributed by atoms with Crippen LogP contribution in [-0.4, -0.2) is 29.7 Å². The summed E-state index contributed by atoms with van der Waals surface area (Å²) in [6, 6.07) is 0.0320. The van der Waals surface area contributed by atoms with E-state index < -0.39 is 0 Å². The van der Waals surface area contributed by atoms with E-state index in [1.165, 1.54) is 0 Å². The standard InChI is InChI=1S/C9H18N2O2/c1-6(5-12)11-9(13)7-2-3-8(10)4-7/h6-8,12H,2-5,10H2,1H3,(H,11,13)/t6-,7?,8?/m0/s1. The summed E-state index contributed by atoms with van der Waals surface area (Å²) in [5.41, 5.74) is 5.70. The van der Waals surface area contributed by atoms with E-state index in [-0.39, 0.29) is 30.5 Å². The zero-order chi connectivity index (χ0) is 9.84. The fourth-order valence-electron chi connectivity index (χ4n) is 1.66. The molecule has 0 aromatic heterocycles. The molecule has 4 N–H and O–H groups in total.